The highest BCUT2D eigenvalue weighted by Crippen LogP contribution is 2.19. The van der Waals surface area contributed by atoms with E-state index in [1.165, 1.54) is 18.2 Å². The van der Waals surface area contributed by atoms with Gasteiger partial charge in [0.15, 0.2) is 0 Å². The molecule has 7 heteroatoms. The van der Waals surface area contributed by atoms with Crippen molar-refractivity contribution in [3.8, 4) is 0 Å². The molecule has 0 saturated heterocycles. The molecule has 1 aromatic rings. The summed E-state index contributed by atoms with van der Waals surface area (Å²) in [6, 6.07) is 3.55. The van der Waals surface area contributed by atoms with Gasteiger partial charge in [-0.05, 0) is 31.0 Å². The number of rotatable bonds is 8. The molecule has 5 nitrogen and oxygen atoms in total. The van der Waals surface area contributed by atoms with Gasteiger partial charge in [-0.15, -0.1) is 0 Å². The number of carbonyl (C=O) groups excluding carboxylic acids is 1. The van der Waals surface area contributed by atoms with Crippen LogP contribution < -0.4 is 10.6 Å². The predicted molar refractivity (Wildman–Crippen MR) is 79.2 cm³/mol. The standard InChI is InChI=1S/C14H18ClFN2O3/c15-11-9-10(6-7-12(11)16)18-14(21)17-8-4-2-1-3-5-13(19)20/h6-7,9H,1-5,8H2,(H,19,20)(H2,17,18,21). The summed E-state index contributed by atoms with van der Waals surface area (Å²) < 4.78 is 12.9. The van der Waals surface area contributed by atoms with Gasteiger partial charge < -0.3 is 15.7 Å². The van der Waals surface area contributed by atoms with E-state index in [9.17, 15) is 14.0 Å². The maximum Gasteiger partial charge on any atom is 0.319 e. The Balaban J connectivity index is 2.14. The third-order valence-corrected chi connectivity index (χ3v) is 3.07. The first kappa shape index (κ1) is 17.2. The van der Waals surface area contributed by atoms with Crippen LogP contribution in [0, 0.1) is 5.82 Å². The SMILES string of the molecule is O=C(O)CCCCCCNC(=O)Nc1ccc(F)c(Cl)c1. The first-order valence-electron chi connectivity index (χ1n) is 6.70. The maximum absolute atomic E-state index is 12.9. The molecule has 0 heterocycles. The molecule has 21 heavy (non-hydrogen) atoms. The number of nitrogens with one attached hydrogen (secondary N) is 2. The highest BCUT2D eigenvalue weighted by atomic mass is 35.5. The molecule has 1 aromatic carbocycles. The molecule has 0 aliphatic rings. The molecule has 0 spiro atoms. The van der Waals surface area contributed by atoms with E-state index in [-0.39, 0.29) is 17.5 Å². The third-order valence-electron chi connectivity index (χ3n) is 2.78. The molecule has 0 aromatic heterocycles. The number of hydrogen-bond acceptors (Lipinski definition) is 2. The van der Waals surface area contributed by atoms with Crippen LogP contribution in [0.1, 0.15) is 32.1 Å². The molecule has 0 radical (unpaired) electrons. The summed E-state index contributed by atoms with van der Waals surface area (Å²) in [5.74, 6) is -1.32. The summed E-state index contributed by atoms with van der Waals surface area (Å²) >= 11 is 5.61. The average molecular weight is 317 g/mol. The van der Waals surface area contributed by atoms with Gasteiger partial charge in [-0.1, -0.05) is 24.4 Å². The predicted octanol–water partition coefficient (Wildman–Crippen LogP) is 3.64. The second-order valence-corrected chi connectivity index (χ2v) is 4.97. The molecular weight excluding hydrogens is 299 g/mol. The molecule has 0 fully saturated rings. The first-order valence-corrected chi connectivity index (χ1v) is 7.08. The van der Waals surface area contributed by atoms with Crippen LogP contribution in [0.25, 0.3) is 0 Å². The van der Waals surface area contributed by atoms with Crippen molar-refractivity contribution in [2.75, 3.05) is 11.9 Å². The van der Waals surface area contributed by atoms with Crippen molar-refractivity contribution in [3.63, 3.8) is 0 Å². The molecular formula is C14H18ClFN2O3. The summed E-state index contributed by atoms with van der Waals surface area (Å²) in [5.41, 5.74) is 0.417. The molecule has 1 rings (SSSR count). The molecule has 0 atom stereocenters. The van der Waals surface area contributed by atoms with Crippen molar-refractivity contribution in [1.82, 2.24) is 5.32 Å². The normalized spacial score (nSPS) is 10.2. The number of anilines is 1. The van der Waals surface area contributed by atoms with Crippen LogP contribution in [0.4, 0.5) is 14.9 Å². The van der Waals surface area contributed by atoms with E-state index in [2.05, 4.69) is 10.6 Å². The highest BCUT2D eigenvalue weighted by molar-refractivity contribution is 6.31. The summed E-state index contributed by atoms with van der Waals surface area (Å²) in [5, 5.41) is 13.6. The maximum atomic E-state index is 12.9. The van der Waals surface area contributed by atoms with Gasteiger partial charge in [0.05, 0.1) is 5.02 Å². The van der Waals surface area contributed by atoms with Crippen molar-refractivity contribution in [1.29, 1.82) is 0 Å². The van der Waals surface area contributed by atoms with Crippen LogP contribution in [0.5, 0.6) is 0 Å². The molecule has 0 aliphatic carbocycles. The van der Waals surface area contributed by atoms with E-state index < -0.39 is 11.8 Å². The smallest absolute Gasteiger partial charge is 0.319 e. The van der Waals surface area contributed by atoms with Crippen LogP contribution in [0.15, 0.2) is 18.2 Å². The van der Waals surface area contributed by atoms with E-state index in [1.54, 1.807) is 0 Å². The number of carbonyl (C=O) groups is 2. The zero-order valence-electron chi connectivity index (χ0n) is 11.5. The number of benzene rings is 1. The summed E-state index contributed by atoms with van der Waals surface area (Å²) in [6.45, 7) is 0.494. The van der Waals surface area contributed by atoms with Gasteiger partial charge in [0.2, 0.25) is 0 Å². The number of hydrogen-bond donors (Lipinski definition) is 3. The first-order chi connectivity index (χ1) is 9.99. The lowest BCUT2D eigenvalue weighted by Gasteiger charge is -2.08. The quantitative estimate of drug-likeness (QED) is 0.641. The van der Waals surface area contributed by atoms with Crippen molar-refractivity contribution in [2.45, 2.75) is 32.1 Å². The number of aliphatic carboxylic acids is 1. The molecule has 0 unspecified atom stereocenters. The Kier molecular flexibility index (Phi) is 7.53. The lowest BCUT2D eigenvalue weighted by Crippen LogP contribution is -2.29. The van der Waals surface area contributed by atoms with Gasteiger partial charge in [-0.25, -0.2) is 9.18 Å². The minimum absolute atomic E-state index is 0.0498. The minimum Gasteiger partial charge on any atom is -0.481 e. The number of urea groups is 1. The fraction of sp³-hybridized carbons (Fsp3) is 0.429. The highest BCUT2D eigenvalue weighted by Gasteiger charge is 2.04. The Bertz CT molecular complexity index is 497. The summed E-state index contributed by atoms with van der Waals surface area (Å²) in [6.07, 6.45) is 3.28. The Morgan fingerprint density at radius 3 is 2.57 bits per heavy atom. The Morgan fingerprint density at radius 2 is 1.90 bits per heavy atom. The van der Waals surface area contributed by atoms with Gasteiger partial charge in [0, 0.05) is 18.7 Å². The van der Waals surface area contributed by atoms with Crippen molar-refractivity contribution >= 4 is 29.3 Å². The lowest BCUT2D eigenvalue weighted by molar-refractivity contribution is -0.137. The van der Waals surface area contributed by atoms with E-state index in [0.29, 0.717) is 18.7 Å². The lowest BCUT2D eigenvalue weighted by atomic mass is 10.1. The zero-order chi connectivity index (χ0) is 15.7. The molecule has 0 saturated carbocycles. The molecule has 0 aliphatic heterocycles. The Morgan fingerprint density at radius 1 is 1.19 bits per heavy atom. The average Bonchev–Trinajstić information content (AvgIpc) is 2.41. The topological polar surface area (TPSA) is 78.4 Å². The summed E-state index contributed by atoms with van der Waals surface area (Å²) in [4.78, 5) is 21.8. The van der Waals surface area contributed by atoms with E-state index in [4.69, 9.17) is 16.7 Å². The Hall–Kier alpha value is -1.82. The van der Waals surface area contributed by atoms with Gasteiger partial charge in [0.1, 0.15) is 5.82 Å². The molecule has 0 bridgehead atoms. The van der Waals surface area contributed by atoms with Crippen molar-refractivity contribution < 1.29 is 19.1 Å². The van der Waals surface area contributed by atoms with Gasteiger partial charge >= 0.3 is 12.0 Å². The third kappa shape index (κ3) is 7.51. The van der Waals surface area contributed by atoms with E-state index in [0.717, 1.165) is 19.3 Å². The monoisotopic (exact) mass is 316 g/mol. The van der Waals surface area contributed by atoms with Crippen LogP contribution in [0.2, 0.25) is 5.02 Å². The van der Waals surface area contributed by atoms with Crippen molar-refractivity contribution in [3.05, 3.63) is 29.0 Å². The fourth-order valence-corrected chi connectivity index (χ4v) is 1.89. The number of carboxylic acid groups (broad SMARTS) is 1. The van der Waals surface area contributed by atoms with E-state index in [1.807, 2.05) is 0 Å². The number of carboxylic acids is 1. The molecule has 3 N–H and O–H groups in total. The zero-order valence-corrected chi connectivity index (χ0v) is 12.3. The van der Waals surface area contributed by atoms with Gasteiger partial charge in [0.25, 0.3) is 0 Å². The van der Waals surface area contributed by atoms with E-state index >= 15 is 0 Å². The Labute approximate surface area is 127 Å². The van der Waals surface area contributed by atoms with Crippen LogP contribution in [0.3, 0.4) is 0 Å². The number of halogens is 2. The molecule has 116 valence electrons. The van der Waals surface area contributed by atoms with Crippen LogP contribution in [-0.4, -0.2) is 23.7 Å². The minimum atomic E-state index is -0.787. The summed E-state index contributed by atoms with van der Waals surface area (Å²) in [7, 11) is 0. The second kappa shape index (κ2) is 9.18. The van der Waals surface area contributed by atoms with Crippen LogP contribution >= 0.6 is 11.6 Å². The molecule has 2 amide bonds. The number of unbranched alkanes of at least 4 members (excludes halogenated alkanes) is 3. The fourth-order valence-electron chi connectivity index (χ4n) is 1.71. The second-order valence-electron chi connectivity index (χ2n) is 4.57. The number of amides is 2. The van der Waals surface area contributed by atoms with Crippen LogP contribution in [-0.2, 0) is 4.79 Å². The van der Waals surface area contributed by atoms with Gasteiger partial charge in [-0.2, -0.15) is 0 Å². The van der Waals surface area contributed by atoms with Crippen molar-refractivity contribution in [2.24, 2.45) is 0 Å². The van der Waals surface area contributed by atoms with Gasteiger partial charge in [-0.3, -0.25) is 4.79 Å². The largest absolute Gasteiger partial charge is 0.481 e.